The number of carbonyl (C=O) groups is 1. The zero-order valence-electron chi connectivity index (χ0n) is 15.3. The maximum atomic E-state index is 12.8. The van der Waals surface area contributed by atoms with Crippen molar-refractivity contribution in [2.45, 2.75) is 24.6 Å². The largest absolute Gasteiger partial charge is 0.468 e. The summed E-state index contributed by atoms with van der Waals surface area (Å²) in [5, 5.41) is 22.2. The van der Waals surface area contributed by atoms with Crippen LogP contribution in [-0.4, -0.2) is 16.9 Å². The predicted octanol–water partition coefficient (Wildman–Crippen LogP) is 2.35. The van der Waals surface area contributed by atoms with Gasteiger partial charge in [-0.1, -0.05) is 35.9 Å². The molecule has 6 heteroatoms. The standard InChI is InChI=1S/C22H19N3O3/c1-15-7-9-16(10-8-15)22(27)20(25-11-3-2-4-12-25)19(18-6-5-13-28-18)17(14-23)21(26)24-22/h2-13,19-20,23,27H,1H3/p+1. The number of carbonyl (C=O) groups excluding carboxylic acids is 1. The Hall–Kier alpha value is -3.47. The number of nitrogens with one attached hydrogen (secondary N) is 2. The molecule has 0 aliphatic carbocycles. The molecule has 1 aromatic carbocycles. The number of pyridine rings is 1. The molecule has 0 radical (unpaired) electrons. The van der Waals surface area contributed by atoms with Gasteiger partial charge in [-0.25, -0.2) is 0 Å². The first-order chi connectivity index (χ1) is 13.5. The van der Waals surface area contributed by atoms with E-state index in [0.717, 1.165) is 5.56 Å². The summed E-state index contributed by atoms with van der Waals surface area (Å²) in [6, 6.07) is 15.7. The highest BCUT2D eigenvalue weighted by Gasteiger charge is 2.58. The number of aliphatic hydroxyl groups is 1. The van der Waals surface area contributed by atoms with Crippen LogP contribution in [0.3, 0.4) is 0 Å². The molecule has 3 N–H and O–H groups in total. The molecule has 0 spiro atoms. The van der Waals surface area contributed by atoms with Gasteiger partial charge >= 0.3 is 0 Å². The lowest BCUT2D eigenvalue weighted by molar-refractivity contribution is -0.743. The molecule has 4 rings (SSSR count). The van der Waals surface area contributed by atoms with Gasteiger partial charge < -0.3 is 14.8 Å². The molecule has 0 bridgehead atoms. The highest BCUT2D eigenvalue weighted by Crippen LogP contribution is 2.45. The molecule has 3 heterocycles. The number of rotatable bonds is 3. The summed E-state index contributed by atoms with van der Waals surface area (Å²) in [6.45, 7) is 1.96. The van der Waals surface area contributed by atoms with Crippen LogP contribution in [0.25, 0.3) is 0 Å². The van der Waals surface area contributed by atoms with E-state index in [4.69, 9.17) is 9.83 Å². The zero-order chi connectivity index (χ0) is 19.7. The molecule has 3 aromatic rings. The summed E-state index contributed by atoms with van der Waals surface area (Å²) >= 11 is 0. The highest BCUT2D eigenvalue weighted by molar-refractivity contribution is 6.03. The smallest absolute Gasteiger partial charge is 0.260 e. The third kappa shape index (κ3) is 2.85. The second-order valence-corrected chi connectivity index (χ2v) is 6.89. The minimum Gasteiger partial charge on any atom is -0.468 e. The number of piperidine rings is 1. The number of aromatic nitrogens is 1. The van der Waals surface area contributed by atoms with Gasteiger partial charge in [0.2, 0.25) is 11.8 Å². The molecule has 140 valence electrons. The third-order valence-electron chi connectivity index (χ3n) is 5.14. The second-order valence-electron chi connectivity index (χ2n) is 6.89. The van der Waals surface area contributed by atoms with Crippen LogP contribution in [0.5, 0.6) is 0 Å². The highest BCUT2D eigenvalue weighted by atomic mass is 16.3. The molecule has 3 atom stereocenters. The molecule has 0 saturated carbocycles. The van der Waals surface area contributed by atoms with Crippen molar-refractivity contribution in [3.05, 3.63) is 95.7 Å². The monoisotopic (exact) mass is 374 g/mol. The van der Waals surface area contributed by atoms with Crippen molar-refractivity contribution in [2.75, 3.05) is 0 Å². The fourth-order valence-electron chi connectivity index (χ4n) is 3.79. The van der Waals surface area contributed by atoms with Crippen LogP contribution < -0.4 is 9.88 Å². The van der Waals surface area contributed by atoms with Crippen molar-refractivity contribution >= 4 is 11.8 Å². The average molecular weight is 374 g/mol. The van der Waals surface area contributed by atoms with E-state index in [1.807, 2.05) is 54.2 Å². The van der Waals surface area contributed by atoms with Crippen LogP contribution in [-0.2, 0) is 10.5 Å². The molecule has 1 fully saturated rings. The summed E-state index contributed by atoms with van der Waals surface area (Å²) in [7, 11) is 0. The lowest BCUT2D eigenvalue weighted by Gasteiger charge is -2.40. The quantitative estimate of drug-likeness (QED) is 0.373. The van der Waals surface area contributed by atoms with E-state index in [-0.39, 0.29) is 5.57 Å². The van der Waals surface area contributed by atoms with Crippen LogP contribution >= 0.6 is 0 Å². The van der Waals surface area contributed by atoms with Gasteiger partial charge in [0.05, 0.1) is 11.8 Å². The molecule has 1 aliphatic rings. The Balaban J connectivity index is 1.98. The Kier molecular flexibility index (Phi) is 4.43. The lowest BCUT2D eigenvalue weighted by Crippen LogP contribution is -2.65. The van der Waals surface area contributed by atoms with E-state index in [2.05, 4.69) is 11.2 Å². The van der Waals surface area contributed by atoms with Gasteiger partial charge in [0.1, 0.15) is 11.7 Å². The zero-order valence-corrected chi connectivity index (χ0v) is 15.3. The van der Waals surface area contributed by atoms with E-state index in [1.54, 1.807) is 24.3 Å². The van der Waals surface area contributed by atoms with Gasteiger partial charge in [-0.15, -0.1) is 0 Å². The Morgan fingerprint density at radius 3 is 2.46 bits per heavy atom. The molecular weight excluding hydrogens is 354 g/mol. The normalized spacial score (nSPS) is 24.5. The Bertz CT molecular complexity index is 1040. The van der Waals surface area contributed by atoms with Crippen LogP contribution in [0, 0.1) is 12.3 Å². The molecule has 6 nitrogen and oxygen atoms in total. The average Bonchev–Trinajstić information content (AvgIpc) is 3.23. The first kappa shape index (κ1) is 17.9. The van der Waals surface area contributed by atoms with Crippen LogP contribution in [0.4, 0.5) is 0 Å². The van der Waals surface area contributed by atoms with Crippen LogP contribution in [0.1, 0.15) is 28.8 Å². The van der Waals surface area contributed by atoms with Gasteiger partial charge in [0.15, 0.2) is 12.4 Å². The predicted molar refractivity (Wildman–Crippen MR) is 102 cm³/mol. The maximum absolute atomic E-state index is 12.8. The lowest BCUT2D eigenvalue weighted by atomic mass is 9.76. The summed E-state index contributed by atoms with van der Waals surface area (Å²) in [4.78, 5) is 12.8. The van der Waals surface area contributed by atoms with Crippen molar-refractivity contribution < 1.29 is 18.9 Å². The number of nitrogens with zero attached hydrogens (tertiary/aromatic N) is 1. The number of hydrogen-bond acceptors (Lipinski definition) is 4. The first-order valence-corrected chi connectivity index (χ1v) is 8.95. The number of aryl methyl sites for hydroxylation is 1. The van der Waals surface area contributed by atoms with Crippen molar-refractivity contribution in [1.82, 2.24) is 5.32 Å². The van der Waals surface area contributed by atoms with Crippen molar-refractivity contribution in [3.8, 4) is 0 Å². The topological polar surface area (TPSA) is 90.2 Å². The number of benzene rings is 1. The molecule has 28 heavy (non-hydrogen) atoms. The molecule has 1 saturated heterocycles. The van der Waals surface area contributed by atoms with E-state index in [1.165, 1.54) is 6.26 Å². The van der Waals surface area contributed by atoms with Crippen LogP contribution in [0.15, 0.2) is 83.2 Å². The van der Waals surface area contributed by atoms with Gasteiger partial charge in [-0.2, -0.15) is 4.57 Å². The Morgan fingerprint density at radius 1 is 1.14 bits per heavy atom. The Morgan fingerprint density at radius 2 is 1.86 bits per heavy atom. The van der Waals surface area contributed by atoms with Crippen LogP contribution in [0.2, 0.25) is 0 Å². The van der Waals surface area contributed by atoms with E-state index < -0.39 is 23.6 Å². The van der Waals surface area contributed by atoms with E-state index in [0.29, 0.717) is 11.3 Å². The Labute approximate surface area is 162 Å². The van der Waals surface area contributed by atoms with Gasteiger partial charge in [-0.05, 0) is 24.9 Å². The first-order valence-electron chi connectivity index (χ1n) is 8.95. The van der Waals surface area contributed by atoms with E-state index >= 15 is 0 Å². The molecular formula is C22H20N3O3+. The van der Waals surface area contributed by atoms with Crippen molar-refractivity contribution in [2.24, 2.45) is 0 Å². The molecule has 3 unspecified atom stereocenters. The fourth-order valence-corrected chi connectivity index (χ4v) is 3.79. The molecule has 1 aliphatic heterocycles. The number of hydrogen-bond donors (Lipinski definition) is 3. The second kappa shape index (κ2) is 6.93. The van der Waals surface area contributed by atoms with Crippen molar-refractivity contribution in [1.29, 1.82) is 5.41 Å². The fraction of sp³-hybridized carbons (Fsp3) is 0.182. The SMILES string of the molecule is Cc1ccc(C2(O)NC(=O)C(=C=N)C(c3ccco3)C2[n+]2ccccc2)cc1. The summed E-state index contributed by atoms with van der Waals surface area (Å²) in [5.74, 6) is 1.50. The summed E-state index contributed by atoms with van der Waals surface area (Å²) < 4.78 is 7.43. The minimum absolute atomic E-state index is 0.105. The molecule has 1 amide bonds. The number of furan rings is 1. The third-order valence-corrected chi connectivity index (χ3v) is 5.14. The van der Waals surface area contributed by atoms with Gasteiger partial charge in [0, 0.05) is 17.7 Å². The van der Waals surface area contributed by atoms with E-state index in [9.17, 15) is 9.90 Å². The summed E-state index contributed by atoms with van der Waals surface area (Å²) in [5.41, 5.74) is -0.0169. The maximum Gasteiger partial charge on any atom is 0.260 e. The molecule has 2 aromatic heterocycles. The van der Waals surface area contributed by atoms with Crippen molar-refractivity contribution in [3.63, 3.8) is 0 Å². The van der Waals surface area contributed by atoms with Gasteiger partial charge in [-0.3, -0.25) is 10.2 Å². The summed E-state index contributed by atoms with van der Waals surface area (Å²) in [6.07, 6.45) is 5.15. The van der Waals surface area contributed by atoms with Gasteiger partial charge in [0.25, 0.3) is 5.91 Å². The number of amides is 1. The minimum atomic E-state index is -1.71.